The Balaban J connectivity index is 1.66. The van der Waals surface area contributed by atoms with Crippen LogP contribution >= 0.6 is 11.3 Å². The molecule has 3 aromatic rings. The molecule has 0 spiro atoms. The van der Waals surface area contributed by atoms with Crippen LogP contribution < -0.4 is 11.1 Å². The maximum absolute atomic E-state index is 5.90. The minimum atomic E-state index is 0.343. The van der Waals surface area contributed by atoms with E-state index in [9.17, 15) is 0 Å². The van der Waals surface area contributed by atoms with Crippen LogP contribution in [0.5, 0.6) is 0 Å². The SMILES string of the molecule is Nc1ccc2c(c1)CCCC2Nc1nc2ccccc2s1. The molecule has 0 amide bonds. The molecule has 0 saturated carbocycles. The fourth-order valence-electron chi connectivity index (χ4n) is 3.07. The average molecular weight is 295 g/mol. The van der Waals surface area contributed by atoms with E-state index in [0.29, 0.717) is 6.04 Å². The molecule has 1 aliphatic carbocycles. The zero-order valence-corrected chi connectivity index (χ0v) is 12.5. The molecule has 0 bridgehead atoms. The van der Waals surface area contributed by atoms with Crippen LogP contribution in [0.3, 0.4) is 0 Å². The number of benzene rings is 2. The van der Waals surface area contributed by atoms with Gasteiger partial charge in [-0.25, -0.2) is 4.98 Å². The summed E-state index contributed by atoms with van der Waals surface area (Å²) in [7, 11) is 0. The Morgan fingerprint density at radius 3 is 3.00 bits per heavy atom. The lowest BCUT2D eigenvalue weighted by atomic mass is 9.87. The van der Waals surface area contributed by atoms with Gasteiger partial charge in [0.05, 0.1) is 16.3 Å². The number of nitrogen functional groups attached to an aromatic ring is 1. The van der Waals surface area contributed by atoms with E-state index in [1.54, 1.807) is 11.3 Å². The van der Waals surface area contributed by atoms with Gasteiger partial charge in [-0.05, 0) is 54.7 Å². The highest BCUT2D eigenvalue weighted by Crippen LogP contribution is 2.35. The van der Waals surface area contributed by atoms with E-state index in [-0.39, 0.29) is 0 Å². The summed E-state index contributed by atoms with van der Waals surface area (Å²) in [6.07, 6.45) is 3.46. The van der Waals surface area contributed by atoms with Gasteiger partial charge in [0, 0.05) is 5.69 Å². The highest BCUT2D eigenvalue weighted by molar-refractivity contribution is 7.22. The second-order valence-electron chi connectivity index (χ2n) is 5.53. The summed E-state index contributed by atoms with van der Waals surface area (Å²) in [5, 5.41) is 4.62. The number of thiazole rings is 1. The third kappa shape index (κ3) is 2.36. The number of nitrogens with one attached hydrogen (secondary N) is 1. The van der Waals surface area contributed by atoms with Crippen molar-refractivity contribution in [1.82, 2.24) is 4.98 Å². The van der Waals surface area contributed by atoms with Crippen molar-refractivity contribution >= 4 is 32.4 Å². The minimum absolute atomic E-state index is 0.343. The minimum Gasteiger partial charge on any atom is -0.399 e. The van der Waals surface area contributed by atoms with Gasteiger partial charge in [0.2, 0.25) is 0 Å². The molecule has 1 aliphatic rings. The van der Waals surface area contributed by atoms with E-state index in [4.69, 9.17) is 5.73 Å². The summed E-state index contributed by atoms with van der Waals surface area (Å²) < 4.78 is 1.23. The van der Waals surface area contributed by atoms with Crippen molar-refractivity contribution in [3.05, 3.63) is 53.6 Å². The highest BCUT2D eigenvalue weighted by atomic mass is 32.1. The average Bonchev–Trinajstić information content (AvgIpc) is 2.89. The molecule has 0 aliphatic heterocycles. The Morgan fingerprint density at radius 1 is 1.19 bits per heavy atom. The van der Waals surface area contributed by atoms with Crippen molar-refractivity contribution in [1.29, 1.82) is 0 Å². The topological polar surface area (TPSA) is 50.9 Å². The fraction of sp³-hybridized carbons (Fsp3) is 0.235. The normalized spacial score (nSPS) is 17.6. The molecule has 106 valence electrons. The summed E-state index contributed by atoms with van der Waals surface area (Å²) in [4.78, 5) is 4.68. The Morgan fingerprint density at radius 2 is 2.10 bits per heavy atom. The maximum atomic E-state index is 5.90. The van der Waals surface area contributed by atoms with Crippen LogP contribution in [0.15, 0.2) is 42.5 Å². The highest BCUT2D eigenvalue weighted by Gasteiger charge is 2.21. The van der Waals surface area contributed by atoms with E-state index >= 15 is 0 Å². The summed E-state index contributed by atoms with van der Waals surface area (Å²) in [6.45, 7) is 0. The number of fused-ring (bicyclic) bond motifs is 2. The molecule has 4 rings (SSSR count). The molecule has 0 fully saturated rings. The number of para-hydroxylation sites is 1. The Hall–Kier alpha value is -2.07. The van der Waals surface area contributed by atoms with Gasteiger partial charge >= 0.3 is 0 Å². The van der Waals surface area contributed by atoms with Gasteiger partial charge < -0.3 is 11.1 Å². The second-order valence-corrected chi connectivity index (χ2v) is 6.56. The van der Waals surface area contributed by atoms with E-state index in [0.717, 1.165) is 29.2 Å². The summed E-state index contributed by atoms with van der Waals surface area (Å²) in [5.74, 6) is 0. The number of aromatic nitrogens is 1. The molecule has 3 nitrogen and oxygen atoms in total. The second kappa shape index (κ2) is 5.04. The zero-order valence-electron chi connectivity index (χ0n) is 11.7. The van der Waals surface area contributed by atoms with Gasteiger partial charge in [0.1, 0.15) is 0 Å². The molecule has 2 aromatic carbocycles. The third-order valence-corrected chi connectivity index (χ3v) is 5.04. The molecule has 1 aromatic heterocycles. The quantitative estimate of drug-likeness (QED) is 0.690. The van der Waals surface area contributed by atoms with Crippen LogP contribution in [-0.4, -0.2) is 4.98 Å². The molecular weight excluding hydrogens is 278 g/mol. The van der Waals surface area contributed by atoms with E-state index in [1.807, 2.05) is 12.1 Å². The van der Waals surface area contributed by atoms with E-state index < -0.39 is 0 Å². The largest absolute Gasteiger partial charge is 0.399 e. The van der Waals surface area contributed by atoms with Gasteiger partial charge in [-0.15, -0.1) is 0 Å². The number of anilines is 2. The van der Waals surface area contributed by atoms with Crippen LogP contribution in [0, 0.1) is 0 Å². The predicted molar refractivity (Wildman–Crippen MR) is 89.8 cm³/mol. The van der Waals surface area contributed by atoms with E-state index in [1.165, 1.54) is 22.2 Å². The van der Waals surface area contributed by atoms with Crippen LogP contribution in [-0.2, 0) is 6.42 Å². The first-order chi connectivity index (χ1) is 10.3. The van der Waals surface area contributed by atoms with E-state index in [2.05, 4.69) is 40.6 Å². The Kier molecular flexibility index (Phi) is 3.04. The Labute approximate surface area is 127 Å². The molecule has 0 saturated heterocycles. The van der Waals surface area contributed by atoms with Crippen molar-refractivity contribution in [2.75, 3.05) is 11.1 Å². The molecule has 21 heavy (non-hydrogen) atoms. The first-order valence-corrected chi connectivity index (χ1v) is 8.12. The van der Waals surface area contributed by atoms with Crippen LogP contribution in [0.4, 0.5) is 10.8 Å². The molecule has 4 heteroatoms. The number of aryl methyl sites for hydroxylation is 1. The zero-order chi connectivity index (χ0) is 14.2. The van der Waals surface area contributed by atoms with Gasteiger partial charge in [-0.1, -0.05) is 29.5 Å². The smallest absolute Gasteiger partial charge is 0.184 e. The first-order valence-electron chi connectivity index (χ1n) is 7.30. The number of rotatable bonds is 2. The molecule has 3 N–H and O–H groups in total. The molecular formula is C17H17N3S. The molecule has 0 radical (unpaired) electrons. The monoisotopic (exact) mass is 295 g/mol. The number of hydrogen-bond acceptors (Lipinski definition) is 4. The summed E-state index contributed by atoms with van der Waals surface area (Å²) >= 11 is 1.72. The van der Waals surface area contributed by atoms with Gasteiger partial charge in [0.25, 0.3) is 0 Å². The predicted octanol–water partition coefficient (Wildman–Crippen LogP) is 4.37. The summed E-state index contributed by atoms with van der Waals surface area (Å²) in [5.41, 5.74) is 10.6. The van der Waals surface area contributed by atoms with Crippen LogP contribution in [0.2, 0.25) is 0 Å². The molecule has 1 atom stereocenters. The van der Waals surface area contributed by atoms with Crippen molar-refractivity contribution in [2.45, 2.75) is 25.3 Å². The fourth-order valence-corrected chi connectivity index (χ4v) is 3.99. The standard InChI is InChI=1S/C17H17N3S/c18-12-8-9-13-11(10-12)4-3-6-14(13)19-17-20-15-5-1-2-7-16(15)21-17/h1-2,5,7-10,14H,3-4,6,18H2,(H,19,20). The number of hydrogen-bond donors (Lipinski definition) is 2. The first kappa shape index (κ1) is 12.7. The third-order valence-electron chi connectivity index (χ3n) is 4.07. The Bertz CT molecular complexity index is 761. The van der Waals surface area contributed by atoms with Crippen molar-refractivity contribution < 1.29 is 0 Å². The maximum Gasteiger partial charge on any atom is 0.184 e. The van der Waals surface area contributed by atoms with Crippen molar-refractivity contribution in [3.8, 4) is 0 Å². The lowest BCUT2D eigenvalue weighted by Gasteiger charge is -2.26. The van der Waals surface area contributed by atoms with Crippen molar-refractivity contribution in [2.24, 2.45) is 0 Å². The lowest BCUT2D eigenvalue weighted by Crippen LogP contribution is -2.17. The van der Waals surface area contributed by atoms with Crippen molar-refractivity contribution in [3.63, 3.8) is 0 Å². The number of nitrogens with two attached hydrogens (primary N) is 1. The van der Waals surface area contributed by atoms with Crippen LogP contribution in [0.25, 0.3) is 10.2 Å². The lowest BCUT2D eigenvalue weighted by molar-refractivity contribution is 0.600. The van der Waals surface area contributed by atoms with Crippen LogP contribution in [0.1, 0.15) is 30.0 Å². The van der Waals surface area contributed by atoms with Gasteiger partial charge in [-0.3, -0.25) is 0 Å². The van der Waals surface area contributed by atoms with Gasteiger partial charge in [0.15, 0.2) is 5.13 Å². The molecule has 1 heterocycles. The number of nitrogens with zero attached hydrogens (tertiary/aromatic N) is 1. The van der Waals surface area contributed by atoms with Gasteiger partial charge in [-0.2, -0.15) is 0 Å². The summed E-state index contributed by atoms with van der Waals surface area (Å²) in [6, 6.07) is 14.9. The molecule has 1 unspecified atom stereocenters.